The van der Waals surface area contributed by atoms with Gasteiger partial charge in [0.05, 0.1) is 0 Å². The van der Waals surface area contributed by atoms with Crippen LogP contribution in [0, 0.1) is 0 Å². The van der Waals surface area contributed by atoms with Crippen LogP contribution in [0.5, 0.6) is 0 Å². The molecule has 0 spiro atoms. The molecule has 0 amide bonds. The summed E-state index contributed by atoms with van der Waals surface area (Å²) in [5.41, 5.74) is 8.44. The van der Waals surface area contributed by atoms with E-state index in [-0.39, 0.29) is 0 Å². The van der Waals surface area contributed by atoms with E-state index in [1.54, 1.807) is 0 Å². The molecule has 1 aliphatic carbocycles. The fourth-order valence-electron chi connectivity index (χ4n) is 4.85. The molecule has 1 aliphatic heterocycles. The zero-order chi connectivity index (χ0) is 18.9. The molecular formula is C25H29N3. The quantitative estimate of drug-likeness (QED) is 0.584. The van der Waals surface area contributed by atoms with Crippen LogP contribution < -0.4 is 10.6 Å². The molecule has 0 bridgehead atoms. The summed E-state index contributed by atoms with van der Waals surface area (Å²) in [7, 11) is 0. The Morgan fingerprint density at radius 1 is 1.07 bits per heavy atom. The molecule has 3 aromatic rings. The molecule has 3 nitrogen and oxygen atoms in total. The van der Waals surface area contributed by atoms with Gasteiger partial charge in [-0.3, -0.25) is 0 Å². The number of hydrogen-bond acceptors (Lipinski definition) is 2. The molecule has 0 saturated carbocycles. The van der Waals surface area contributed by atoms with Gasteiger partial charge in [0.1, 0.15) is 0 Å². The van der Waals surface area contributed by atoms with Crippen molar-refractivity contribution in [2.45, 2.75) is 44.7 Å². The summed E-state index contributed by atoms with van der Waals surface area (Å²) in [6.07, 6.45) is 7.08. The third-order valence-electron chi connectivity index (χ3n) is 6.39. The minimum absolute atomic E-state index is 0.346. The maximum absolute atomic E-state index is 3.88. The minimum atomic E-state index is 0.346. The number of hydrogen-bond donors (Lipinski definition) is 3. The van der Waals surface area contributed by atoms with Crippen molar-refractivity contribution >= 4 is 16.5 Å². The minimum Gasteiger partial charge on any atom is -0.357 e. The topological polar surface area (TPSA) is 39.9 Å². The maximum Gasteiger partial charge on any atom is 0.0480 e. The van der Waals surface area contributed by atoms with Crippen molar-refractivity contribution in [3.63, 3.8) is 0 Å². The zero-order valence-electron chi connectivity index (χ0n) is 16.6. The van der Waals surface area contributed by atoms with Gasteiger partial charge in [-0.25, -0.2) is 0 Å². The molecule has 0 radical (unpaired) electrons. The molecule has 3 heteroatoms. The van der Waals surface area contributed by atoms with Crippen LogP contribution in [-0.2, 0) is 6.42 Å². The Morgan fingerprint density at radius 3 is 2.79 bits per heavy atom. The monoisotopic (exact) mass is 371 g/mol. The Balaban J connectivity index is 1.47. The lowest BCUT2D eigenvalue weighted by Gasteiger charge is -2.27. The normalized spacial score (nSPS) is 20.6. The van der Waals surface area contributed by atoms with Crippen LogP contribution in [0.4, 0.5) is 0 Å². The number of H-pyrrole nitrogens is 1. The van der Waals surface area contributed by atoms with Crippen molar-refractivity contribution in [3.8, 4) is 0 Å². The van der Waals surface area contributed by atoms with Crippen molar-refractivity contribution in [2.24, 2.45) is 0 Å². The van der Waals surface area contributed by atoms with Crippen LogP contribution in [0.1, 0.15) is 60.7 Å². The number of fused-ring (bicyclic) bond motifs is 3. The molecule has 5 rings (SSSR count). The largest absolute Gasteiger partial charge is 0.357 e. The lowest BCUT2D eigenvalue weighted by molar-refractivity contribution is 0.410. The standard InChI is InChI=1S/C25H29N3/c1-17(18-6-3-2-4-7-18)27-24-9-5-8-21-22-16-20(19-12-14-26-15-13-19)10-11-23(22)28-25(21)24/h2-4,6-7,10-12,16-17,24,26-28H,5,8-9,13-15H2,1H3/t17-,24?/m1/s1. The summed E-state index contributed by atoms with van der Waals surface area (Å²) in [5, 5.41) is 8.71. The molecule has 2 atom stereocenters. The van der Waals surface area contributed by atoms with Crippen LogP contribution in [0.2, 0.25) is 0 Å². The highest BCUT2D eigenvalue weighted by molar-refractivity contribution is 5.88. The Labute approximate surface area is 167 Å². The summed E-state index contributed by atoms with van der Waals surface area (Å²) in [5.74, 6) is 0. The van der Waals surface area contributed by atoms with Gasteiger partial charge in [-0.1, -0.05) is 42.5 Å². The zero-order valence-corrected chi connectivity index (χ0v) is 16.6. The highest BCUT2D eigenvalue weighted by atomic mass is 15.0. The number of aromatic nitrogens is 1. The number of rotatable bonds is 4. The van der Waals surface area contributed by atoms with Gasteiger partial charge in [-0.05, 0) is 73.5 Å². The van der Waals surface area contributed by atoms with E-state index in [0.29, 0.717) is 12.1 Å². The number of benzene rings is 2. The Bertz CT molecular complexity index is 999. The first-order valence-corrected chi connectivity index (χ1v) is 10.7. The molecule has 1 aromatic heterocycles. The molecule has 0 fully saturated rings. The first-order chi connectivity index (χ1) is 13.8. The van der Waals surface area contributed by atoms with Gasteiger partial charge in [-0.15, -0.1) is 0 Å². The van der Waals surface area contributed by atoms with Crippen molar-refractivity contribution in [1.82, 2.24) is 15.6 Å². The fraction of sp³-hybridized carbons (Fsp3) is 0.360. The van der Waals surface area contributed by atoms with E-state index >= 15 is 0 Å². The van der Waals surface area contributed by atoms with E-state index in [1.807, 2.05) is 0 Å². The van der Waals surface area contributed by atoms with Crippen LogP contribution in [-0.4, -0.2) is 18.1 Å². The molecule has 1 unspecified atom stereocenters. The van der Waals surface area contributed by atoms with E-state index in [4.69, 9.17) is 0 Å². The Morgan fingerprint density at radius 2 is 1.96 bits per heavy atom. The predicted molar refractivity (Wildman–Crippen MR) is 117 cm³/mol. The van der Waals surface area contributed by atoms with E-state index < -0.39 is 0 Å². The van der Waals surface area contributed by atoms with Gasteiger partial charge in [0.2, 0.25) is 0 Å². The molecule has 2 heterocycles. The van der Waals surface area contributed by atoms with Gasteiger partial charge >= 0.3 is 0 Å². The third kappa shape index (κ3) is 3.30. The van der Waals surface area contributed by atoms with Crippen LogP contribution in [0.3, 0.4) is 0 Å². The number of nitrogens with one attached hydrogen (secondary N) is 3. The van der Waals surface area contributed by atoms with Gasteiger partial charge in [0.25, 0.3) is 0 Å². The number of aromatic amines is 1. The molecule has 0 saturated heterocycles. The van der Waals surface area contributed by atoms with Crippen LogP contribution >= 0.6 is 0 Å². The average molecular weight is 372 g/mol. The van der Waals surface area contributed by atoms with E-state index in [2.05, 4.69) is 77.1 Å². The SMILES string of the molecule is C[C@@H](NC1CCCc2c1[nH]c1ccc(C3=CCNCC3)cc21)c1ccccc1. The van der Waals surface area contributed by atoms with Gasteiger partial charge in [0.15, 0.2) is 0 Å². The first-order valence-electron chi connectivity index (χ1n) is 10.7. The van der Waals surface area contributed by atoms with Crippen molar-refractivity contribution < 1.29 is 0 Å². The van der Waals surface area contributed by atoms with Gasteiger partial charge in [0, 0.05) is 35.2 Å². The Kier molecular flexibility index (Phi) is 4.79. The molecule has 3 N–H and O–H groups in total. The second kappa shape index (κ2) is 7.57. The van der Waals surface area contributed by atoms with Crippen LogP contribution in [0.25, 0.3) is 16.5 Å². The summed E-state index contributed by atoms with van der Waals surface area (Å²) >= 11 is 0. The fourth-order valence-corrected chi connectivity index (χ4v) is 4.85. The van der Waals surface area contributed by atoms with Crippen molar-refractivity contribution in [3.05, 3.63) is 77.0 Å². The molecule has 28 heavy (non-hydrogen) atoms. The second-order valence-electron chi connectivity index (χ2n) is 8.20. The van der Waals surface area contributed by atoms with Gasteiger partial charge < -0.3 is 15.6 Å². The summed E-state index contributed by atoms with van der Waals surface area (Å²) in [4.78, 5) is 3.76. The van der Waals surface area contributed by atoms with E-state index in [9.17, 15) is 0 Å². The van der Waals surface area contributed by atoms with Crippen molar-refractivity contribution in [2.75, 3.05) is 13.1 Å². The second-order valence-corrected chi connectivity index (χ2v) is 8.20. The van der Waals surface area contributed by atoms with Gasteiger partial charge in [-0.2, -0.15) is 0 Å². The summed E-state index contributed by atoms with van der Waals surface area (Å²) in [6.45, 7) is 4.34. The average Bonchev–Trinajstić information content (AvgIpc) is 3.14. The highest BCUT2D eigenvalue weighted by Gasteiger charge is 2.25. The number of aryl methyl sites for hydroxylation is 1. The van der Waals surface area contributed by atoms with Crippen LogP contribution in [0.15, 0.2) is 54.6 Å². The summed E-state index contributed by atoms with van der Waals surface area (Å²) in [6, 6.07) is 18.5. The highest BCUT2D eigenvalue weighted by Crippen LogP contribution is 2.37. The van der Waals surface area contributed by atoms with E-state index in [1.165, 1.54) is 58.1 Å². The lowest BCUT2D eigenvalue weighted by atomic mass is 9.90. The smallest absolute Gasteiger partial charge is 0.0480 e. The maximum atomic E-state index is 3.88. The lowest BCUT2D eigenvalue weighted by Crippen LogP contribution is -2.27. The van der Waals surface area contributed by atoms with E-state index in [0.717, 1.165) is 19.5 Å². The Hall–Kier alpha value is -2.36. The molecular weight excluding hydrogens is 342 g/mol. The third-order valence-corrected chi connectivity index (χ3v) is 6.39. The summed E-state index contributed by atoms with van der Waals surface area (Å²) < 4.78 is 0. The van der Waals surface area contributed by atoms with Crippen molar-refractivity contribution in [1.29, 1.82) is 0 Å². The molecule has 2 aromatic carbocycles. The first kappa shape index (κ1) is 17.7. The predicted octanol–water partition coefficient (Wildman–Crippen LogP) is 5.27. The molecule has 2 aliphatic rings. The molecule has 144 valence electrons.